The van der Waals surface area contributed by atoms with Gasteiger partial charge < -0.3 is 0 Å². The Morgan fingerprint density at radius 2 is 2.12 bits per heavy atom. The maximum atomic E-state index is 4.36. The van der Waals surface area contributed by atoms with Gasteiger partial charge in [-0.3, -0.25) is 4.98 Å². The number of nitrogens with zero attached hydrogens (tertiary/aromatic N) is 1. The second-order valence-electron chi connectivity index (χ2n) is 4.25. The van der Waals surface area contributed by atoms with Gasteiger partial charge in [0, 0.05) is 11.6 Å². The highest BCUT2D eigenvalue weighted by molar-refractivity contribution is 5.78. The van der Waals surface area contributed by atoms with Gasteiger partial charge >= 0.3 is 0 Å². The summed E-state index contributed by atoms with van der Waals surface area (Å²) in [6, 6.07) is 11.6. The van der Waals surface area contributed by atoms with E-state index in [1.54, 1.807) is 0 Å². The van der Waals surface area contributed by atoms with Crippen molar-refractivity contribution in [1.29, 1.82) is 0 Å². The van der Waals surface area contributed by atoms with Crippen LogP contribution in [0.5, 0.6) is 0 Å². The molecule has 0 unspecified atom stereocenters. The lowest BCUT2D eigenvalue weighted by Gasteiger charge is -2.02. The molecule has 0 spiro atoms. The van der Waals surface area contributed by atoms with Gasteiger partial charge in [-0.15, -0.1) is 0 Å². The van der Waals surface area contributed by atoms with E-state index in [9.17, 15) is 0 Å². The molecule has 1 heteroatoms. The summed E-state index contributed by atoms with van der Waals surface area (Å²) < 4.78 is 0. The monoisotopic (exact) mass is 212 g/mol. The van der Waals surface area contributed by atoms with Crippen LogP contribution in [0.25, 0.3) is 10.9 Å². The Morgan fingerprint density at radius 1 is 1.19 bits per heavy atom. The van der Waals surface area contributed by atoms with E-state index in [1.807, 2.05) is 12.3 Å². The van der Waals surface area contributed by atoms with Crippen LogP contribution in [-0.4, -0.2) is 4.98 Å². The molecular weight excluding hydrogens is 194 g/mol. The summed E-state index contributed by atoms with van der Waals surface area (Å²) in [6.45, 7) is 2.25. The topological polar surface area (TPSA) is 12.9 Å². The highest BCUT2D eigenvalue weighted by atomic mass is 14.6. The highest BCUT2D eigenvalue weighted by Gasteiger charge is 1.97. The first-order valence-electron chi connectivity index (χ1n) is 6.15. The molecule has 1 radical (unpaired) electrons. The molecule has 0 bridgehead atoms. The summed E-state index contributed by atoms with van der Waals surface area (Å²) in [6.07, 6.45) is 8.25. The van der Waals surface area contributed by atoms with E-state index < -0.39 is 0 Å². The minimum absolute atomic E-state index is 1.07. The predicted octanol–water partition coefficient (Wildman–Crippen LogP) is 4.16. The van der Waals surface area contributed by atoms with Crippen LogP contribution in [0.4, 0.5) is 0 Å². The smallest absolute Gasteiger partial charge is 0.0710 e. The van der Waals surface area contributed by atoms with Crippen LogP contribution in [0.3, 0.4) is 0 Å². The molecule has 0 atom stereocenters. The van der Waals surface area contributed by atoms with Crippen molar-refractivity contribution in [2.45, 2.75) is 39.0 Å². The van der Waals surface area contributed by atoms with Gasteiger partial charge in [-0.1, -0.05) is 38.3 Å². The van der Waals surface area contributed by atoms with Crippen molar-refractivity contribution in [2.24, 2.45) is 0 Å². The molecule has 0 saturated heterocycles. The lowest BCUT2D eigenvalue weighted by atomic mass is 10.0. The van der Waals surface area contributed by atoms with Crippen molar-refractivity contribution in [3.05, 3.63) is 42.1 Å². The molecule has 0 fully saturated rings. The van der Waals surface area contributed by atoms with Crippen LogP contribution in [0.1, 0.15) is 38.2 Å². The van der Waals surface area contributed by atoms with Crippen LogP contribution in [0.2, 0.25) is 0 Å². The average Bonchev–Trinajstić information content (AvgIpc) is 2.34. The second kappa shape index (κ2) is 5.64. The van der Waals surface area contributed by atoms with Crippen molar-refractivity contribution in [1.82, 2.24) is 4.98 Å². The van der Waals surface area contributed by atoms with E-state index >= 15 is 0 Å². The summed E-state index contributed by atoms with van der Waals surface area (Å²) in [7, 11) is 0. The standard InChI is InChI=1S/C15H18N/c1-2-3-4-5-7-13-9-10-14-8-6-11-16-15(14)12-13/h6,9-12H,2-5,7H2,1H3. The molecule has 2 aromatic rings. The lowest BCUT2D eigenvalue weighted by molar-refractivity contribution is 0.667. The fourth-order valence-corrected chi connectivity index (χ4v) is 1.96. The number of hydrogen-bond donors (Lipinski definition) is 0. The van der Waals surface area contributed by atoms with Crippen LogP contribution >= 0.6 is 0 Å². The number of hydrogen-bond acceptors (Lipinski definition) is 1. The van der Waals surface area contributed by atoms with Crippen molar-refractivity contribution in [3.8, 4) is 0 Å². The van der Waals surface area contributed by atoms with Crippen LogP contribution < -0.4 is 0 Å². The molecule has 83 valence electrons. The molecular formula is C15H18N. The summed E-state index contributed by atoms with van der Waals surface area (Å²) in [5.41, 5.74) is 2.46. The molecule has 0 saturated carbocycles. The van der Waals surface area contributed by atoms with Crippen LogP contribution in [0.15, 0.2) is 30.5 Å². The molecule has 1 aromatic carbocycles. The van der Waals surface area contributed by atoms with Gasteiger partial charge in [-0.25, -0.2) is 0 Å². The highest BCUT2D eigenvalue weighted by Crippen LogP contribution is 2.15. The van der Waals surface area contributed by atoms with Gasteiger partial charge in [0.05, 0.1) is 5.52 Å². The van der Waals surface area contributed by atoms with E-state index in [0.717, 1.165) is 10.9 Å². The lowest BCUT2D eigenvalue weighted by Crippen LogP contribution is -1.87. The molecule has 0 N–H and O–H groups in total. The van der Waals surface area contributed by atoms with Gasteiger partial charge in [-0.05, 0) is 36.6 Å². The number of aromatic nitrogens is 1. The quantitative estimate of drug-likeness (QED) is 0.678. The minimum Gasteiger partial charge on any atom is -0.256 e. The fourth-order valence-electron chi connectivity index (χ4n) is 1.96. The SMILES string of the molecule is CCCCCCc1ccc2[c]ccnc2c1. The molecule has 0 aliphatic heterocycles. The zero-order chi connectivity index (χ0) is 11.2. The number of unbranched alkanes of at least 4 members (excludes halogenated alkanes) is 3. The predicted molar refractivity (Wildman–Crippen MR) is 68.4 cm³/mol. The third-order valence-electron chi connectivity index (χ3n) is 2.91. The van der Waals surface area contributed by atoms with Gasteiger partial charge in [-0.2, -0.15) is 0 Å². The molecule has 1 heterocycles. The Kier molecular flexibility index (Phi) is 3.92. The first kappa shape index (κ1) is 11.1. The average molecular weight is 212 g/mol. The Morgan fingerprint density at radius 3 is 3.00 bits per heavy atom. The summed E-state index contributed by atoms with van der Waals surface area (Å²) in [5.74, 6) is 0. The number of benzene rings is 1. The molecule has 0 amide bonds. The van der Waals surface area contributed by atoms with Gasteiger partial charge in [0.1, 0.15) is 0 Å². The maximum absolute atomic E-state index is 4.36. The van der Waals surface area contributed by atoms with Crippen LogP contribution in [-0.2, 0) is 6.42 Å². The molecule has 1 aromatic heterocycles. The minimum atomic E-state index is 1.07. The third-order valence-corrected chi connectivity index (χ3v) is 2.91. The van der Waals surface area contributed by atoms with Crippen molar-refractivity contribution in [2.75, 3.05) is 0 Å². The molecule has 0 aliphatic carbocycles. The molecule has 16 heavy (non-hydrogen) atoms. The van der Waals surface area contributed by atoms with Gasteiger partial charge in [0.2, 0.25) is 0 Å². The molecule has 1 nitrogen and oxygen atoms in total. The fraction of sp³-hybridized carbons (Fsp3) is 0.400. The normalized spacial score (nSPS) is 10.8. The first-order chi connectivity index (χ1) is 7.90. The van der Waals surface area contributed by atoms with Crippen molar-refractivity contribution in [3.63, 3.8) is 0 Å². The molecule has 2 rings (SSSR count). The van der Waals surface area contributed by atoms with Crippen molar-refractivity contribution < 1.29 is 0 Å². The van der Waals surface area contributed by atoms with E-state index in [-0.39, 0.29) is 0 Å². The third kappa shape index (κ3) is 2.82. The second-order valence-corrected chi connectivity index (χ2v) is 4.25. The van der Waals surface area contributed by atoms with E-state index in [2.05, 4.69) is 36.2 Å². The van der Waals surface area contributed by atoms with E-state index in [0.29, 0.717) is 0 Å². The first-order valence-corrected chi connectivity index (χ1v) is 6.15. The zero-order valence-corrected chi connectivity index (χ0v) is 9.87. The van der Waals surface area contributed by atoms with Gasteiger partial charge in [0.15, 0.2) is 0 Å². The largest absolute Gasteiger partial charge is 0.256 e. The zero-order valence-electron chi connectivity index (χ0n) is 9.87. The summed E-state index contributed by atoms with van der Waals surface area (Å²) in [5, 5.41) is 1.11. The number of pyridine rings is 1. The summed E-state index contributed by atoms with van der Waals surface area (Å²) >= 11 is 0. The maximum Gasteiger partial charge on any atom is 0.0710 e. The van der Waals surface area contributed by atoms with Crippen molar-refractivity contribution >= 4 is 10.9 Å². The Hall–Kier alpha value is -1.37. The molecule has 0 aliphatic rings. The number of aryl methyl sites for hydroxylation is 1. The van der Waals surface area contributed by atoms with Crippen LogP contribution in [0, 0.1) is 6.07 Å². The Bertz CT molecular complexity index is 448. The van der Waals surface area contributed by atoms with E-state index in [1.165, 1.54) is 37.7 Å². The van der Waals surface area contributed by atoms with E-state index in [4.69, 9.17) is 0 Å². The number of fused-ring (bicyclic) bond motifs is 1. The number of rotatable bonds is 5. The Balaban J connectivity index is 2.02. The van der Waals surface area contributed by atoms with Gasteiger partial charge in [0.25, 0.3) is 0 Å². The Labute approximate surface area is 97.5 Å². The summed E-state index contributed by atoms with van der Waals surface area (Å²) in [4.78, 5) is 4.36.